The Morgan fingerprint density at radius 2 is 2.15 bits per heavy atom. The Bertz CT molecular complexity index is 349. The molecule has 1 aliphatic rings. The Hall–Kier alpha value is -0.830. The van der Waals surface area contributed by atoms with E-state index in [0.717, 1.165) is 16.5 Å². The van der Waals surface area contributed by atoms with Gasteiger partial charge in [0.15, 0.2) is 0 Å². The highest BCUT2D eigenvalue weighted by atomic mass is 79.9. The molecule has 0 unspecified atom stereocenters. The fourth-order valence-corrected chi connectivity index (χ4v) is 2.17. The highest BCUT2D eigenvalue weighted by molar-refractivity contribution is 9.10. The van der Waals surface area contributed by atoms with E-state index < -0.39 is 5.97 Å². The number of hydrogen-bond donors (Lipinski definition) is 1. The molecule has 1 aliphatic carbocycles. The van der Waals surface area contributed by atoms with Gasteiger partial charge < -0.3 is 5.11 Å². The highest BCUT2D eigenvalue weighted by Crippen LogP contribution is 2.49. The van der Waals surface area contributed by atoms with E-state index in [2.05, 4.69) is 15.9 Å². The maximum Gasteiger partial charge on any atom is 0.307 e. The lowest BCUT2D eigenvalue weighted by Gasteiger charge is -2.00. The van der Waals surface area contributed by atoms with Gasteiger partial charge in [0.25, 0.3) is 0 Å². The molecule has 0 bridgehead atoms. The number of carbonyl (C=O) groups is 1. The number of benzene rings is 1. The maximum absolute atomic E-state index is 10.6. The number of aliphatic carboxylic acids is 1. The van der Waals surface area contributed by atoms with Gasteiger partial charge in [-0.2, -0.15) is 0 Å². The summed E-state index contributed by atoms with van der Waals surface area (Å²) in [6.07, 6.45) is 0.776. The normalized spacial score (nSPS) is 25.6. The van der Waals surface area contributed by atoms with E-state index in [0.29, 0.717) is 0 Å². The quantitative estimate of drug-likeness (QED) is 0.864. The summed E-state index contributed by atoms with van der Waals surface area (Å²) in [6.45, 7) is 0. The lowest BCUT2D eigenvalue weighted by atomic mass is 10.1. The van der Waals surface area contributed by atoms with Crippen molar-refractivity contribution in [2.45, 2.75) is 12.3 Å². The van der Waals surface area contributed by atoms with Crippen LogP contribution in [-0.2, 0) is 4.79 Å². The minimum Gasteiger partial charge on any atom is -0.481 e. The van der Waals surface area contributed by atoms with Crippen LogP contribution in [0.2, 0.25) is 0 Å². The van der Waals surface area contributed by atoms with Crippen LogP contribution in [0.5, 0.6) is 0 Å². The minimum atomic E-state index is -0.680. The SMILES string of the molecule is O=C(O)[C@H]1C[C@H]1c1ccccc1Br. The lowest BCUT2D eigenvalue weighted by molar-refractivity contribution is -0.138. The van der Waals surface area contributed by atoms with E-state index in [9.17, 15) is 4.79 Å². The van der Waals surface area contributed by atoms with Crippen molar-refractivity contribution in [1.29, 1.82) is 0 Å². The molecule has 0 aliphatic heterocycles. The number of rotatable bonds is 2. The van der Waals surface area contributed by atoms with Crippen LogP contribution < -0.4 is 0 Å². The number of halogens is 1. The molecule has 2 rings (SSSR count). The fourth-order valence-electron chi connectivity index (χ4n) is 1.59. The molecule has 1 N–H and O–H groups in total. The van der Waals surface area contributed by atoms with Crippen molar-refractivity contribution < 1.29 is 9.90 Å². The van der Waals surface area contributed by atoms with Gasteiger partial charge in [0.1, 0.15) is 0 Å². The molecule has 1 fully saturated rings. The molecular weight excluding hydrogens is 232 g/mol. The van der Waals surface area contributed by atoms with Crippen LogP contribution >= 0.6 is 15.9 Å². The van der Waals surface area contributed by atoms with E-state index in [1.807, 2.05) is 24.3 Å². The third-order valence-electron chi connectivity index (χ3n) is 2.41. The van der Waals surface area contributed by atoms with Gasteiger partial charge in [0.05, 0.1) is 5.92 Å². The number of carboxylic acids is 1. The van der Waals surface area contributed by atoms with Crippen molar-refractivity contribution >= 4 is 21.9 Å². The lowest BCUT2D eigenvalue weighted by Crippen LogP contribution is -1.99. The number of carboxylic acid groups (broad SMARTS) is 1. The Balaban J connectivity index is 2.21. The molecule has 0 saturated heterocycles. The summed E-state index contributed by atoms with van der Waals surface area (Å²) < 4.78 is 1.02. The molecule has 0 amide bonds. The first-order valence-corrected chi connectivity index (χ1v) is 4.96. The molecule has 68 valence electrons. The molecular formula is C10H9BrO2. The van der Waals surface area contributed by atoms with E-state index in [-0.39, 0.29) is 11.8 Å². The van der Waals surface area contributed by atoms with E-state index in [1.165, 1.54) is 0 Å². The Kier molecular flexibility index (Phi) is 2.12. The van der Waals surface area contributed by atoms with Gasteiger partial charge >= 0.3 is 5.97 Å². The predicted octanol–water partition coefficient (Wildman–Crippen LogP) is 2.64. The van der Waals surface area contributed by atoms with Crippen molar-refractivity contribution in [2.75, 3.05) is 0 Å². The van der Waals surface area contributed by atoms with Crippen LogP contribution in [0.1, 0.15) is 17.9 Å². The molecule has 0 spiro atoms. The van der Waals surface area contributed by atoms with Crippen LogP contribution in [0.3, 0.4) is 0 Å². The second-order valence-electron chi connectivity index (χ2n) is 3.31. The van der Waals surface area contributed by atoms with E-state index in [4.69, 9.17) is 5.11 Å². The Morgan fingerprint density at radius 3 is 2.69 bits per heavy atom. The molecule has 3 heteroatoms. The summed E-state index contributed by atoms with van der Waals surface area (Å²) in [5.41, 5.74) is 1.12. The number of hydrogen-bond acceptors (Lipinski definition) is 1. The predicted molar refractivity (Wildman–Crippen MR) is 52.6 cm³/mol. The van der Waals surface area contributed by atoms with Crippen molar-refractivity contribution in [3.63, 3.8) is 0 Å². The second kappa shape index (κ2) is 3.14. The van der Waals surface area contributed by atoms with Crippen LogP contribution in [0.25, 0.3) is 0 Å². The zero-order valence-electron chi connectivity index (χ0n) is 6.90. The molecule has 1 aromatic carbocycles. The van der Waals surface area contributed by atoms with Gasteiger partial charge in [-0.1, -0.05) is 34.1 Å². The molecule has 1 saturated carbocycles. The van der Waals surface area contributed by atoms with Crippen LogP contribution in [-0.4, -0.2) is 11.1 Å². The third-order valence-corrected chi connectivity index (χ3v) is 3.13. The zero-order chi connectivity index (χ0) is 9.42. The standard InChI is InChI=1S/C10H9BrO2/c11-9-4-2-1-3-6(9)7-5-8(7)10(12)13/h1-4,7-8H,5H2,(H,12,13)/t7-,8-/m0/s1. The molecule has 0 radical (unpaired) electrons. The first-order valence-electron chi connectivity index (χ1n) is 4.17. The van der Waals surface area contributed by atoms with Gasteiger partial charge in [-0.05, 0) is 24.0 Å². The minimum absolute atomic E-state index is 0.168. The third kappa shape index (κ3) is 1.61. The van der Waals surface area contributed by atoms with Crippen LogP contribution in [0.15, 0.2) is 28.7 Å². The van der Waals surface area contributed by atoms with Gasteiger partial charge in [0.2, 0.25) is 0 Å². The summed E-state index contributed by atoms with van der Waals surface area (Å²) in [5, 5.41) is 8.76. The van der Waals surface area contributed by atoms with Crippen molar-refractivity contribution in [1.82, 2.24) is 0 Å². The largest absolute Gasteiger partial charge is 0.481 e. The molecule has 0 aromatic heterocycles. The summed E-state index contributed by atoms with van der Waals surface area (Å²) >= 11 is 3.42. The molecule has 2 atom stereocenters. The first kappa shape index (κ1) is 8.75. The topological polar surface area (TPSA) is 37.3 Å². The molecule has 13 heavy (non-hydrogen) atoms. The summed E-state index contributed by atoms with van der Waals surface area (Å²) in [7, 11) is 0. The van der Waals surface area contributed by atoms with Crippen molar-refractivity contribution in [2.24, 2.45) is 5.92 Å². The summed E-state index contributed by atoms with van der Waals surface area (Å²) in [6, 6.07) is 7.81. The monoisotopic (exact) mass is 240 g/mol. The van der Waals surface area contributed by atoms with E-state index >= 15 is 0 Å². The molecule has 0 heterocycles. The average Bonchev–Trinajstić information content (AvgIpc) is 2.84. The Labute approximate surface area is 84.7 Å². The van der Waals surface area contributed by atoms with Crippen LogP contribution in [0, 0.1) is 5.92 Å². The zero-order valence-corrected chi connectivity index (χ0v) is 8.49. The first-order chi connectivity index (χ1) is 6.20. The molecule has 1 aromatic rings. The van der Waals surface area contributed by atoms with E-state index in [1.54, 1.807) is 0 Å². The van der Waals surface area contributed by atoms with Gasteiger partial charge in [-0.3, -0.25) is 4.79 Å². The Morgan fingerprint density at radius 1 is 1.46 bits per heavy atom. The summed E-state index contributed by atoms with van der Waals surface area (Å²) in [4.78, 5) is 10.6. The van der Waals surface area contributed by atoms with Crippen LogP contribution in [0.4, 0.5) is 0 Å². The fraction of sp³-hybridized carbons (Fsp3) is 0.300. The van der Waals surface area contributed by atoms with Crippen molar-refractivity contribution in [3.05, 3.63) is 34.3 Å². The van der Waals surface area contributed by atoms with Gasteiger partial charge in [-0.15, -0.1) is 0 Å². The average molecular weight is 241 g/mol. The van der Waals surface area contributed by atoms with Gasteiger partial charge in [0, 0.05) is 4.47 Å². The van der Waals surface area contributed by atoms with Crippen molar-refractivity contribution in [3.8, 4) is 0 Å². The highest BCUT2D eigenvalue weighted by Gasteiger charge is 2.44. The molecule has 2 nitrogen and oxygen atoms in total. The van der Waals surface area contributed by atoms with Gasteiger partial charge in [-0.25, -0.2) is 0 Å². The maximum atomic E-state index is 10.6. The smallest absolute Gasteiger partial charge is 0.307 e. The second-order valence-corrected chi connectivity index (χ2v) is 4.16. The summed E-state index contributed by atoms with van der Waals surface area (Å²) in [5.74, 6) is -0.632.